The summed E-state index contributed by atoms with van der Waals surface area (Å²) in [6, 6.07) is 14.2. The molecule has 0 aliphatic carbocycles. The molecular weight excluding hydrogens is 371 g/mol. The standard InChI is InChI=1S/C22H25FN4O2/c23-15-9-7-14(8-10-15)20-18(12-24-26-20)21-25-19-6-2-1-5-17(19)22(28)27(21)13-16-4-3-11-29-16/h1-2,5-10,16,18,20-21,24-26H,3-4,11-13H2. The molecule has 0 aromatic heterocycles. The van der Waals surface area contributed by atoms with E-state index >= 15 is 0 Å². The molecule has 7 heteroatoms. The number of fused-ring (bicyclic) bond motifs is 1. The molecule has 3 aliphatic heterocycles. The number of nitrogens with one attached hydrogen (secondary N) is 3. The summed E-state index contributed by atoms with van der Waals surface area (Å²) in [6.07, 6.45) is 1.88. The summed E-state index contributed by atoms with van der Waals surface area (Å²) in [5.74, 6) is -0.153. The van der Waals surface area contributed by atoms with Gasteiger partial charge in [0.15, 0.2) is 0 Å². The van der Waals surface area contributed by atoms with E-state index in [1.165, 1.54) is 12.1 Å². The SMILES string of the molecule is O=C1c2ccccc2NC(C2CNNC2c2ccc(F)cc2)N1CC1CCCO1. The highest BCUT2D eigenvalue weighted by Gasteiger charge is 2.43. The van der Waals surface area contributed by atoms with Crippen molar-refractivity contribution in [1.82, 2.24) is 15.8 Å². The minimum Gasteiger partial charge on any atom is -0.376 e. The number of carbonyl (C=O) groups excluding carboxylic acids is 1. The number of rotatable bonds is 4. The second kappa shape index (κ2) is 7.74. The maximum atomic E-state index is 13.4. The van der Waals surface area contributed by atoms with Crippen molar-refractivity contribution in [2.75, 3.05) is 25.0 Å². The van der Waals surface area contributed by atoms with Crippen molar-refractivity contribution in [1.29, 1.82) is 0 Å². The van der Waals surface area contributed by atoms with Crippen LogP contribution in [-0.2, 0) is 4.74 Å². The Morgan fingerprint density at radius 2 is 1.97 bits per heavy atom. The first kappa shape index (κ1) is 18.5. The first-order valence-electron chi connectivity index (χ1n) is 10.2. The fourth-order valence-corrected chi connectivity index (χ4v) is 4.66. The van der Waals surface area contributed by atoms with E-state index in [9.17, 15) is 9.18 Å². The fraction of sp³-hybridized carbons (Fsp3) is 0.409. The van der Waals surface area contributed by atoms with Gasteiger partial charge in [0.2, 0.25) is 0 Å². The number of halogens is 1. The highest BCUT2D eigenvalue weighted by molar-refractivity contribution is 6.01. The number of hydrazine groups is 1. The smallest absolute Gasteiger partial charge is 0.257 e. The zero-order valence-electron chi connectivity index (χ0n) is 16.1. The third kappa shape index (κ3) is 3.50. The number of hydrogen-bond donors (Lipinski definition) is 3. The Morgan fingerprint density at radius 1 is 1.14 bits per heavy atom. The highest BCUT2D eigenvalue weighted by atomic mass is 19.1. The molecule has 0 saturated carbocycles. The third-order valence-electron chi connectivity index (χ3n) is 6.14. The predicted molar refractivity (Wildman–Crippen MR) is 108 cm³/mol. The molecule has 0 spiro atoms. The van der Waals surface area contributed by atoms with E-state index in [2.05, 4.69) is 16.2 Å². The van der Waals surface area contributed by atoms with Gasteiger partial charge in [0.05, 0.1) is 17.7 Å². The van der Waals surface area contributed by atoms with E-state index < -0.39 is 0 Å². The van der Waals surface area contributed by atoms with Gasteiger partial charge in [-0.3, -0.25) is 10.2 Å². The van der Waals surface area contributed by atoms with Gasteiger partial charge in [0.25, 0.3) is 5.91 Å². The van der Waals surface area contributed by atoms with Crippen LogP contribution >= 0.6 is 0 Å². The number of carbonyl (C=O) groups is 1. The van der Waals surface area contributed by atoms with Gasteiger partial charge in [-0.1, -0.05) is 24.3 Å². The molecule has 2 saturated heterocycles. The number of benzene rings is 2. The molecule has 29 heavy (non-hydrogen) atoms. The van der Waals surface area contributed by atoms with Crippen molar-refractivity contribution in [2.24, 2.45) is 5.92 Å². The number of anilines is 1. The van der Waals surface area contributed by atoms with Crippen molar-refractivity contribution in [3.05, 3.63) is 65.5 Å². The maximum absolute atomic E-state index is 13.4. The molecule has 0 bridgehead atoms. The summed E-state index contributed by atoms with van der Waals surface area (Å²) in [4.78, 5) is 15.3. The number of ether oxygens (including phenoxy) is 1. The second-order valence-corrected chi connectivity index (χ2v) is 7.95. The highest BCUT2D eigenvalue weighted by Crippen LogP contribution is 2.35. The second-order valence-electron chi connectivity index (χ2n) is 7.95. The van der Waals surface area contributed by atoms with E-state index in [-0.39, 0.29) is 36.0 Å². The van der Waals surface area contributed by atoms with Crippen LogP contribution in [0.2, 0.25) is 0 Å². The molecule has 2 aromatic carbocycles. The third-order valence-corrected chi connectivity index (χ3v) is 6.14. The average Bonchev–Trinajstić information content (AvgIpc) is 3.43. The Kier molecular flexibility index (Phi) is 4.95. The maximum Gasteiger partial charge on any atom is 0.257 e. The van der Waals surface area contributed by atoms with Gasteiger partial charge < -0.3 is 15.0 Å². The molecule has 5 rings (SSSR count). The lowest BCUT2D eigenvalue weighted by atomic mass is 9.89. The van der Waals surface area contributed by atoms with Crippen molar-refractivity contribution < 1.29 is 13.9 Å². The van der Waals surface area contributed by atoms with Gasteiger partial charge in [-0.25, -0.2) is 9.82 Å². The van der Waals surface area contributed by atoms with Crippen LogP contribution in [0.1, 0.15) is 34.8 Å². The van der Waals surface area contributed by atoms with Crippen LogP contribution in [0.25, 0.3) is 0 Å². The summed E-state index contributed by atoms with van der Waals surface area (Å²) in [5.41, 5.74) is 9.09. The molecular formula is C22H25FN4O2. The van der Waals surface area contributed by atoms with Crippen molar-refractivity contribution in [2.45, 2.75) is 31.2 Å². The Morgan fingerprint density at radius 3 is 2.76 bits per heavy atom. The normalized spacial score (nSPS) is 29.0. The van der Waals surface area contributed by atoms with Crippen LogP contribution < -0.4 is 16.2 Å². The Hall–Kier alpha value is -2.48. The van der Waals surface area contributed by atoms with Crippen molar-refractivity contribution in [3.8, 4) is 0 Å². The summed E-state index contributed by atoms with van der Waals surface area (Å²) >= 11 is 0. The van der Waals surface area contributed by atoms with Crippen LogP contribution in [0.4, 0.5) is 10.1 Å². The van der Waals surface area contributed by atoms with Crippen molar-refractivity contribution >= 4 is 11.6 Å². The van der Waals surface area contributed by atoms with Crippen LogP contribution in [0, 0.1) is 11.7 Å². The Bertz CT molecular complexity index is 885. The van der Waals surface area contributed by atoms with Crippen LogP contribution in [0.5, 0.6) is 0 Å². The summed E-state index contributed by atoms with van der Waals surface area (Å²) in [6.45, 7) is 2.01. The van der Waals surface area contributed by atoms with E-state index in [1.54, 1.807) is 12.1 Å². The summed E-state index contributed by atoms with van der Waals surface area (Å²) in [7, 11) is 0. The zero-order chi connectivity index (χ0) is 19.8. The van der Waals surface area contributed by atoms with E-state index in [0.29, 0.717) is 18.7 Å². The van der Waals surface area contributed by atoms with Gasteiger partial charge in [-0.2, -0.15) is 0 Å². The molecule has 3 aliphatic rings. The summed E-state index contributed by atoms with van der Waals surface area (Å²) < 4.78 is 19.2. The lowest BCUT2D eigenvalue weighted by Crippen LogP contribution is -2.56. The predicted octanol–water partition coefficient (Wildman–Crippen LogP) is 2.66. The zero-order valence-corrected chi connectivity index (χ0v) is 16.1. The minimum absolute atomic E-state index is 0.0320. The molecule has 2 aromatic rings. The Balaban J connectivity index is 1.48. The van der Waals surface area contributed by atoms with Crippen LogP contribution in [0.15, 0.2) is 48.5 Å². The van der Waals surface area contributed by atoms with Crippen molar-refractivity contribution in [3.63, 3.8) is 0 Å². The molecule has 2 fully saturated rings. The number of para-hydroxylation sites is 1. The van der Waals surface area contributed by atoms with Gasteiger partial charge in [0.1, 0.15) is 12.0 Å². The van der Waals surface area contributed by atoms with E-state index in [4.69, 9.17) is 4.74 Å². The van der Waals surface area contributed by atoms with Gasteiger partial charge in [-0.15, -0.1) is 0 Å². The molecule has 0 radical (unpaired) electrons. The first-order chi connectivity index (χ1) is 14.2. The molecule has 3 N–H and O–H groups in total. The fourth-order valence-electron chi connectivity index (χ4n) is 4.66. The molecule has 152 valence electrons. The topological polar surface area (TPSA) is 65.6 Å². The van der Waals surface area contributed by atoms with E-state index in [0.717, 1.165) is 30.7 Å². The average molecular weight is 396 g/mol. The molecule has 1 amide bonds. The number of amides is 1. The molecule has 4 atom stereocenters. The first-order valence-corrected chi connectivity index (χ1v) is 10.2. The monoisotopic (exact) mass is 396 g/mol. The lowest BCUT2D eigenvalue weighted by molar-refractivity contribution is 0.0350. The largest absolute Gasteiger partial charge is 0.376 e. The van der Waals surface area contributed by atoms with Gasteiger partial charge in [-0.05, 0) is 42.7 Å². The van der Waals surface area contributed by atoms with Gasteiger partial charge in [0, 0.05) is 31.3 Å². The molecule has 3 heterocycles. The minimum atomic E-state index is -0.254. The number of nitrogens with zero attached hydrogens (tertiary/aromatic N) is 1. The van der Waals surface area contributed by atoms with Crippen LogP contribution in [-0.4, -0.2) is 42.8 Å². The lowest BCUT2D eigenvalue weighted by Gasteiger charge is -2.43. The molecule has 4 unspecified atom stereocenters. The van der Waals surface area contributed by atoms with Gasteiger partial charge >= 0.3 is 0 Å². The summed E-state index contributed by atoms with van der Waals surface area (Å²) in [5, 5.41) is 3.60. The molecule has 6 nitrogen and oxygen atoms in total. The quantitative estimate of drug-likeness (QED) is 0.742. The number of hydrogen-bond acceptors (Lipinski definition) is 5. The van der Waals surface area contributed by atoms with E-state index in [1.807, 2.05) is 29.2 Å². The Labute approximate surface area is 169 Å². The van der Waals surface area contributed by atoms with Crippen LogP contribution in [0.3, 0.4) is 0 Å².